The fourth-order valence-electron chi connectivity index (χ4n) is 1.68. The first-order chi connectivity index (χ1) is 10.2. The predicted octanol–water partition coefficient (Wildman–Crippen LogP) is 3.03. The predicted molar refractivity (Wildman–Crippen MR) is 62.8 cm³/mol. The molecule has 5 nitrogen and oxygen atoms in total. The maximum atomic E-state index is 13.1. The number of carbonyl (C=O) groups is 1. The van der Waals surface area contributed by atoms with E-state index in [1.54, 1.807) is 0 Å². The van der Waals surface area contributed by atoms with Crippen molar-refractivity contribution in [2.24, 2.45) is 0 Å². The lowest BCUT2D eigenvalue weighted by Crippen LogP contribution is -2.20. The lowest BCUT2D eigenvalue weighted by molar-refractivity contribution is -0.275. The van der Waals surface area contributed by atoms with Crippen molar-refractivity contribution in [2.45, 2.75) is 26.1 Å². The van der Waals surface area contributed by atoms with Crippen molar-refractivity contribution in [3.8, 4) is 11.6 Å². The number of carbonyl (C=O) groups excluding carboxylic acids is 1. The number of nitrogens with zero attached hydrogens (tertiary/aromatic N) is 1. The Kier molecular flexibility index (Phi) is 5.89. The van der Waals surface area contributed by atoms with Crippen LogP contribution >= 0.6 is 0 Å². The van der Waals surface area contributed by atoms with E-state index in [0.717, 1.165) is 7.11 Å². The highest BCUT2D eigenvalue weighted by Crippen LogP contribution is 2.38. The topological polar surface area (TPSA) is 57.7 Å². The number of esters is 1. The number of hydrogen-bond donors (Lipinski definition) is 0. The third-order valence-corrected chi connectivity index (χ3v) is 2.41. The molecule has 0 saturated carbocycles. The van der Waals surface area contributed by atoms with Crippen molar-refractivity contribution < 1.29 is 41.0 Å². The summed E-state index contributed by atoms with van der Waals surface area (Å²) < 4.78 is 75.9. The van der Waals surface area contributed by atoms with Gasteiger partial charge in [-0.25, -0.2) is 13.8 Å². The van der Waals surface area contributed by atoms with E-state index in [1.807, 2.05) is 0 Å². The first kappa shape index (κ1) is 17.9. The van der Waals surface area contributed by atoms with E-state index in [9.17, 15) is 26.7 Å². The van der Waals surface area contributed by atoms with Crippen LogP contribution in [0.25, 0.3) is 0 Å². The molecule has 0 atom stereocenters. The first-order valence-electron chi connectivity index (χ1n) is 5.94. The van der Waals surface area contributed by atoms with Gasteiger partial charge in [0.15, 0.2) is 5.75 Å². The molecule has 124 valence electrons. The molecular weight excluding hydrogens is 317 g/mol. The van der Waals surface area contributed by atoms with Crippen LogP contribution in [0.4, 0.5) is 22.0 Å². The zero-order valence-corrected chi connectivity index (χ0v) is 11.5. The molecule has 22 heavy (non-hydrogen) atoms. The van der Waals surface area contributed by atoms with E-state index >= 15 is 0 Å². The van der Waals surface area contributed by atoms with Gasteiger partial charge in [-0.1, -0.05) is 0 Å². The summed E-state index contributed by atoms with van der Waals surface area (Å²) in [7, 11) is 1.08. The molecule has 1 rings (SSSR count). The summed E-state index contributed by atoms with van der Waals surface area (Å²) >= 11 is 0. The van der Waals surface area contributed by atoms with Gasteiger partial charge in [-0.15, -0.1) is 13.2 Å². The normalized spacial score (nSPS) is 11.5. The Labute approximate surface area is 122 Å². The van der Waals surface area contributed by atoms with Crippen molar-refractivity contribution in [1.82, 2.24) is 4.98 Å². The zero-order valence-electron chi connectivity index (χ0n) is 11.5. The maximum Gasteiger partial charge on any atom is 0.573 e. The van der Waals surface area contributed by atoms with Gasteiger partial charge in [0.05, 0.1) is 31.9 Å². The minimum absolute atomic E-state index is 0.0165. The molecule has 0 saturated heterocycles. The van der Waals surface area contributed by atoms with Crippen LogP contribution in [0.3, 0.4) is 0 Å². The van der Waals surface area contributed by atoms with E-state index in [-0.39, 0.29) is 6.61 Å². The minimum Gasteiger partial charge on any atom is -0.481 e. The van der Waals surface area contributed by atoms with Crippen molar-refractivity contribution in [3.05, 3.63) is 17.3 Å². The molecule has 0 radical (unpaired) electrons. The van der Waals surface area contributed by atoms with Gasteiger partial charge in [0.2, 0.25) is 5.88 Å². The molecule has 0 fully saturated rings. The standard InChI is InChI=1S/C12H12F5NO4/c1-3-21-8(19)4-6-9(10(13)14)7(22-12(15,16)17)5-18-11(6)20-2/h5,10H,3-4H2,1-2H3. The second-order valence-electron chi connectivity index (χ2n) is 3.85. The molecule has 0 aromatic carbocycles. The highest BCUT2D eigenvalue weighted by atomic mass is 19.4. The van der Waals surface area contributed by atoms with Gasteiger partial charge in [-0.2, -0.15) is 0 Å². The number of alkyl halides is 5. The summed E-state index contributed by atoms with van der Waals surface area (Å²) in [6.07, 6.45) is -8.78. The van der Waals surface area contributed by atoms with E-state index in [2.05, 4.69) is 14.5 Å². The number of halogens is 5. The van der Waals surface area contributed by atoms with Gasteiger partial charge in [-0.05, 0) is 6.92 Å². The third kappa shape index (κ3) is 4.71. The van der Waals surface area contributed by atoms with E-state index < -0.39 is 47.9 Å². The molecule has 0 spiro atoms. The van der Waals surface area contributed by atoms with Gasteiger partial charge in [0.1, 0.15) is 0 Å². The number of pyridine rings is 1. The van der Waals surface area contributed by atoms with E-state index in [4.69, 9.17) is 4.74 Å². The number of aromatic nitrogens is 1. The van der Waals surface area contributed by atoms with Crippen LogP contribution in [-0.2, 0) is 16.0 Å². The van der Waals surface area contributed by atoms with Crippen molar-refractivity contribution in [2.75, 3.05) is 13.7 Å². The smallest absolute Gasteiger partial charge is 0.481 e. The average molecular weight is 329 g/mol. The molecule has 0 aliphatic carbocycles. The summed E-state index contributed by atoms with van der Waals surface area (Å²) in [6, 6.07) is 0. The van der Waals surface area contributed by atoms with Crippen molar-refractivity contribution in [3.63, 3.8) is 0 Å². The number of rotatable bonds is 6. The lowest BCUT2D eigenvalue weighted by atomic mass is 10.1. The highest BCUT2D eigenvalue weighted by molar-refractivity contribution is 5.74. The molecule has 1 aromatic rings. The Morgan fingerprint density at radius 1 is 1.36 bits per heavy atom. The number of ether oxygens (including phenoxy) is 3. The summed E-state index contributed by atoms with van der Waals surface area (Å²) in [4.78, 5) is 14.9. The molecule has 0 amide bonds. The second kappa shape index (κ2) is 7.23. The van der Waals surface area contributed by atoms with Crippen LogP contribution in [0.1, 0.15) is 24.5 Å². The highest BCUT2D eigenvalue weighted by Gasteiger charge is 2.35. The summed E-state index contributed by atoms with van der Waals surface area (Å²) in [5.74, 6) is -2.51. The van der Waals surface area contributed by atoms with Crippen LogP contribution < -0.4 is 9.47 Å². The molecule has 0 N–H and O–H groups in total. The Hall–Kier alpha value is -2.13. The monoisotopic (exact) mass is 329 g/mol. The minimum atomic E-state index is -5.18. The van der Waals surface area contributed by atoms with Gasteiger partial charge in [0.25, 0.3) is 6.43 Å². The molecule has 10 heteroatoms. The van der Waals surface area contributed by atoms with Gasteiger partial charge >= 0.3 is 12.3 Å². The Bertz CT molecular complexity index is 533. The Morgan fingerprint density at radius 3 is 2.45 bits per heavy atom. The van der Waals surface area contributed by atoms with Crippen molar-refractivity contribution >= 4 is 5.97 Å². The van der Waals surface area contributed by atoms with Crippen LogP contribution in [-0.4, -0.2) is 31.0 Å². The largest absolute Gasteiger partial charge is 0.573 e. The summed E-state index contributed by atoms with van der Waals surface area (Å²) in [5, 5.41) is 0. The van der Waals surface area contributed by atoms with Crippen LogP contribution in [0.15, 0.2) is 6.20 Å². The maximum absolute atomic E-state index is 13.1. The van der Waals surface area contributed by atoms with Crippen LogP contribution in [0.2, 0.25) is 0 Å². The SMILES string of the molecule is CCOC(=O)Cc1c(OC)ncc(OC(F)(F)F)c1C(F)F. The molecule has 0 aliphatic heterocycles. The fraction of sp³-hybridized carbons (Fsp3) is 0.500. The zero-order chi connectivity index (χ0) is 16.9. The van der Waals surface area contributed by atoms with Crippen LogP contribution in [0, 0.1) is 0 Å². The van der Waals surface area contributed by atoms with E-state index in [0.29, 0.717) is 6.20 Å². The summed E-state index contributed by atoms with van der Waals surface area (Å²) in [6.45, 7) is 1.47. The number of hydrogen-bond acceptors (Lipinski definition) is 5. The van der Waals surface area contributed by atoms with Gasteiger partial charge in [-0.3, -0.25) is 4.79 Å². The molecule has 1 aromatic heterocycles. The second-order valence-corrected chi connectivity index (χ2v) is 3.85. The fourth-order valence-corrected chi connectivity index (χ4v) is 1.68. The first-order valence-corrected chi connectivity index (χ1v) is 5.94. The van der Waals surface area contributed by atoms with Crippen LogP contribution in [0.5, 0.6) is 11.6 Å². The van der Waals surface area contributed by atoms with E-state index in [1.165, 1.54) is 6.92 Å². The van der Waals surface area contributed by atoms with Crippen molar-refractivity contribution in [1.29, 1.82) is 0 Å². The molecule has 0 unspecified atom stereocenters. The molecule has 0 bridgehead atoms. The third-order valence-electron chi connectivity index (χ3n) is 2.41. The van der Waals surface area contributed by atoms with Gasteiger partial charge in [0, 0.05) is 5.56 Å². The van der Waals surface area contributed by atoms with Gasteiger partial charge < -0.3 is 14.2 Å². The Balaban J connectivity index is 3.35. The quantitative estimate of drug-likeness (QED) is 0.593. The molecular formula is C12H12F5NO4. The average Bonchev–Trinajstić information content (AvgIpc) is 2.37. The summed E-state index contributed by atoms with van der Waals surface area (Å²) in [5.41, 5.74) is -1.63. The lowest BCUT2D eigenvalue weighted by Gasteiger charge is -2.17. The Morgan fingerprint density at radius 2 is 2.00 bits per heavy atom. The number of methoxy groups -OCH3 is 1. The molecule has 1 heterocycles. The molecule has 0 aliphatic rings.